The fourth-order valence-corrected chi connectivity index (χ4v) is 5.35. The minimum Gasteiger partial charge on any atom is -0.494 e. The quantitative estimate of drug-likeness (QED) is 0.120. The first-order chi connectivity index (χ1) is 20.7. The lowest BCUT2D eigenvalue weighted by atomic mass is 10.1. The van der Waals surface area contributed by atoms with E-state index in [-0.39, 0.29) is 24.2 Å². The van der Waals surface area contributed by atoms with Crippen LogP contribution in [-0.2, 0) is 27.2 Å². The Balaban J connectivity index is 1.06. The summed E-state index contributed by atoms with van der Waals surface area (Å²) >= 11 is 1.59. The minimum absolute atomic E-state index is 0.0385. The van der Waals surface area contributed by atoms with Gasteiger partial charge in [0, 0.05) is 12.1 Å². The predicted molar refractivity (Wildman–Crippen MR) is 166 cm³/mol. The zero-order chi connectivity index (χ0) is 30.2. The number of rotatable bonds is 12. The van der Waals surface area contributed by atoms with Crippen LogP contribution in [0.25, 0.3) is 21.3 Å². The Morgan fingerprint density at radius 3 is 2.44 bits per heavy atom. The summed E-state index contributed by atoms with van der Waals surface area (Å²) in [5, 5.41) is 11.9. The number of nitrogens with zero attached hydrogens (tertiary/aromatic N) is 3. The molecule has 0 unspecified atom stereocenters. The van der Waals surface area contributed by atoms with Crippen LogP contribution in [0.4, 0.5) is 5.69 Å². The van der Waals surface area contributed by atoms with E-state index in [1.807, 2.05) is 45.0 Å². The van der Waals surface area contributed by atoms with Gasteiger partial charge in [0.05, 0.1) is 23.2 Å². The molecule has 5 rings (SSSR count). The number of ether oxygens (including phenoxy) is 2. The molecule has 5 aromatic rings. The van der Waals surface area contributed by atoms with Crippen molar-refractivity contribution < 1.29 is 23.5 Å². The van der Waals surface area contributed by atoms with Gasteiger partial charge in [0.1, 0.15) is 22.8 Å². The third kappa shape index (κ3) is 8.96. The van der Waals surface area contributed by atoms with Gasteiger partial charge >= 0.3 is 5.97 Å². The number of benzene rings is 3. The van der Waals surface area contributed by atoms with Gasteiger partial charge in [-0.25, -0.2) is 4.98 Å². The highest BCUT2D eigenvalue weighted by atomic mass is 32.1. The van der Waals surface area contributed by atoms with Crippen LogP contribution in [0.1, 0.15) is 56.8 Å². The van der Waals surface area contributed by atoms with Gasteiger partial charge in [-0.05, 0) is 81.1 Å². The summed E-state index contributed by atoms with van der Waals surface area (Å²) in [5.74, 6) is 0.877. The van der Waals surface area contributed by atoms with Crippen molar-refractivity contribution in [1.29, 1.82) is 0 Å². The molecule has 0 spiro atoms. The highest BCUT2D eigenvalue weighted by molar-refractivity contribution is 7.18. The largest absolute Gasteiger partial charge is 0.494 e. The van der Waals surface area contributed by atoms with Gasteiger partial charge in [0.2, 0.25) is 17.7 Å². The van der Waals surface area contributed by atoms with E-state index in [9.17, 15) is 9.59 Å². The topological polar surface area (TPSA) is 116 Å². The fourth-order valence-electron chi connectivity index (χ4n) is 4.35. The minimum atomic E-state index is -0.467. The standard InChI is InChI=1S/C33H34N4O5S/c1-33(2,3)42-32(39)11-7-8-18-40-25-15-13-24(14-16-25)34-28(38)20-29-36-37-30(41-29)21-31-35-26-17-12-23(19-27(26)43-31)22-9-5-4-6-10-22/h4-6,9-10,12-17,19H,7-8,11,18,20-21H2,1-3H3,(H,34,38). The number of nitrogens with one attached hydrogen (secondary N) is 1. The van der Waals surface area contributed by atoms with E-state index in [0.717, 1.165) is 32.8 Å². The predicted octanol–water partition coefficient (Wildman–Crippen LogP) is 7.01. The van der Waals surface area contributed by atoms with E-state index in [2.05, 4.69) is 39.8 Å². The summed E-state index contributed by atoms with van der Waals surface area (Å²) in [6.07, 6.45) is 2.15. The molecule has 10 heteroatoms. The van der Waals surface area contributed by atoms with Crippen LogP contribution in [0.3, 0.4) is 0 Å². The van der Waals surface area contributed by atoms with Gasteiger partial charge in [0.25, 0.3) is 0 Å². The number of aromatic nitrogens is 3. The summed E-state index contributed by atoms with van der Waals surface area (Å²) in [6.45, 7) is 6.05. The average molecular weight is 599 g/mol. The molecule has 0 atom stereocenters. The number of hydrogen-bond donors (Lipinski definition) is 1. The van der Waals surface area contributed by atoms with Crippen LogP contribution in [0.2, 0.25) is 0 Å². The second-order valence-corrected chi connectivity index (χ2v) is 12.2. The normalized spacial score (nSPS) is 11.4. The zero-order valence-corrected chi connectivity index (χ0v) is 25.3. The first-order valence-corrected chi connectivity index (χ1v) is 15.0. The molecule has 0 saturated heterocycles. The van der Waals surface area contributed by atoms with Gasteiger partial charge in [-0.1, -0.05) is 36.4 Å². The lowest BCUT2D eigenvalue weighted by molar-refractivity contribution is -0.154. The number of thiazole rings is 1. The Bertz CT molecular complexity index is 1670. The molecule has 2 aromatic heterocycles. The van der Waals surface area contributed by atoms with Crippen molar-refractivity contribution in [3.05, 3.63) is 89.6 Å². The van der Waals surface area contributed by atoms with E-state index in [1.54, 1.807) is 35.6 Å². The van der Waals surface area contributed by atoms with Crippen LogP contribution in [0.15, 0.2) is 77.2 Å². The van der Waals surface area contributed by atoms with Crippen molar-refractivity contribution in [2.24, 2.45) is 0 Å². The van der Waals surface area contributed by atoms with Crippen molar-refractivity contribution in [2.45, 2.75) is 58.5 Å². The number of unbranched alkanes of at least 4 members (excludes halogenated alkanes) is 1. The van der Waals surface area contributed by atoms with Gasteiger partial charge < -0.3 is 19.2 Å². The molecule has 3 aromatic carbocycles. The number of esters is 1. The van der Waals surface area contributed by atoms with Gasteiger partial charge in [-0.15, -0.1) is 21.5 Å². The van der Waals surface area contributed by atoms with Crippen molar-refractivity contribution in [2.75, 3.05) is 11.9 Å². The number of hydrogen-bond acceptors (Lipinski definition) is 9. The van der Waals surface area contributed by atoms with Crippen molar-refractivity contribution in [3.8, 4) is 16.9 Å². The average Bonchev–Trinajstić information content (AvgIpc) is 3.58. The van der Waals surface area contributed by atoms with Gasteiger partial charge in [-0.3, -0.25) is 9.59 Å². The van der Waals surface area contributed by atoms with E-state index < -0.39 is 5.60 Å². The van der Waals surface area contributed by atoms with Crippen LogP contribution in [0, 0.1) is 0 Å². The Morgan fingerprint density at radius 1 is 0.907 bits per heavy atom. The van der Waals surface area contributed by atoms with Crippen LogP contribution in [-0.4, -0.2) is 39.3 Å². The summed E-state index contributed by atoms with van der Waals surface area (Å²) in [7, 11) is 0. The lowest BCUT2D eigenvalue weighted by Crippen LogP contribution is -2.23. The molecule has 9 nitrogen and oxygen atoms in total. The molecule has 0 aliphatic carbocycles. The maximum Gasteiger partial charge on any atom is 0.306 e. The highest BCUT2D eigenvalue weighted by Crippen LogP contribution is 2.29. The van der Waals surface area contributed by atoms with Gasteiger partial charge in [-0.2, -0.15) is 0 Å². The highest BCUT2D eigenvalue weighted by Gasteiger charge is 2.16. The Labute approximate surface area is 254 Å². The van der Waals surface area contributed by atoms with E-state index >= 15 is 0 Å². The van der Waals surface area contributed by atoms with Gasteiger partial charge in [0.15, 0.2) is 0 Å². The number of carbonyl (C=O) groups is 2. The second kappa shape index (κ2) is 13.6. The molecule has 0 saturated carbocycles. The molecule has 0 bridgehead atoms. The molecule has 1 amide bonds. The number of anilines is 1. The van der Waals surface area contributed by atoms with Crippen molar-refractivity contribution >= 4 is 39.1 Å². The fraction of sp³-hybridized carbons (Fsp3) is 0.303. The SMILES string of the molecule is CC(C)(C)OC(=O)CCCCOc1ccc(NC(=O)Cc2nnc(Cc3nc4ccc(-c5ccccc5)cc4s3)o2)cc1. The third-order valence-corrected chi connectivity index (χ3v) is 7.28. The molecule has 1 N–H and O–H groups in total. The molecule has 222 valence electrons. The molecule has 43 heavy (non-hydrogen) atoms. The van der Waals surface area contributed by atoms with E-state index in [0.29, 0.717) is 43.2 Å². The second-order valence-electron chi connectivity index (χ2n) is 11.1. The molecule has 0 radical (unpaired) electrons. The summed E-state index contributed by atoms with van der Waals surface area (Å²) in [5.41, 5.74) is 3.39. The maximum atomic E-state index is 12.6. The molecule has 0 aliphatic heterocycles. The molecular formula is C33H34N4O5S. The molecular weight excluding hydrogens is 564 g/mol. The molecule has 0 aliphatic rings. The Hall–Kier alpha value is -4.57. The Kier molecular flexibility index (Phi) is 9.46. The van der Waals surface area contributed by atoms with Crippen LogP contribution >= 0.6 is 11.3 Å². The maximum absolute atomic E-state index is 12.6. The first-order valence-electron chi connectivity index (χ1n) is 14.2. The van der Waals surface area contributed by atoms with Crippen molar-refractivity contribution in [3.63, 3.8) is 0 Å². The lowest BCUT2D eigenvalue weighted by Gasteiger charge is -2.19. The van der Waals surface area contributed by atoms with Crippen LogP contribution < -0.4 is 10.1 Å². The van der Waals surface area contributed by atoms with E-state index in [1.165, 1.54) is 0 Å². The Morgan fingerprint density at radius 2 is 1.67 bits per heavy atom. The molecule has 0 fully saturated rings. The summed E-state index contributed by atoms with van der Waals surface area (Å²) in [6, 6.07) is 23.6. The van der Waals surface area contributed by atoms with E-state index in [4.69, 9.17) is 18.9 Å². The first kappa shape index (κ1) is 29.9. The monoisotopic (exact) mass is 598 g/mol. The van der Waals surface area contributed by atoms with Crippen molar-refractivity contribution in [1.82, 2.24) is 15.2 Å². The third-order valence-electron chi connectivity index (χ3n) is 6.26. The molecule has 2 heterocycles. The smallest absolute Gasteiger partial charge is 0.306 e. The number of amides is 1. The van der Waals surface area contributed by atoms with Crippen LogP contribution in [0.5, 0.6) is 5.75 Å². The summed E-state index contributed by atoms with van der Waals surface area (Å²) in [4.78, 5) is 29.0. The summed E-state index contributed by atoms with van der Waals surface area (Å²) < 4.78 is 17.9. The number of carbonyl (C=O) groups excluding carboxylic acids is 2. The zero-order valence-electron chi connectivity index (χ0n) is 24.5. The number of fused-ring (bicyclic) bond motifs is 1.